The van der Waals surface area contributed by atoms with E-state index >= 15 is 0 Å². The molecule has 112 valence electrons. The lowest BCUT2D eigenvalue weighted by molar-refractivity contribution is -0.124. The molecule has 0 saturated carbocycles. The van der Waals surface area contributed by atoms with Crippen LogP contribution in [-0.2, 0) is 11.3 Å². The van der Waals surface area contributed by atoms with E-state index in [-0.39, 0.29) is 11.8 Å². The molecule has 0 bridgehead atoms. The van der Waals surface area contributed by atoms with Crippen LogP contribution in [0.4, 0.5) is 0 Å². The molecule has 0 radical (unpaired) electrons. The standard InChI is InChI=1S/C17H22N2O2/c1-12(10-18-2)17(20)19-11-13-4-5-15-9-16(21-3)7-6-14(15)8-13/h4-9,12,18H,10-11H2,1-3H3,(H,19,20). The van der Waals surface area contributed by atoms with Gasteiger partial charge in [-0.25, -0.2) is 0 Å². The molecule has 0 spiro atoms. The topological polar surface area (TPSA) is 50.4 Å². The number of rotatable bonds is 6. The summed E-state index contributed by atoms with van der Waals surface area (Å²) in [6.45, 7) is 3.15. The van der Waals surface area contributed by atoms with Crippen molar-refractivity contribution in [2.75, 3.05) is 20.7 Å². The molecular weight excluding hydrogens is 264 g/mol. The highest BCUT2D eigenvalue weighted by atomic mass is 16.5. The van der Waals surface area contributed by atoms with Crippen LogP contribution in [0, 0.1) is 5.92 Å². The van der Waals surface area contributed by atoms with Crippen molar-refractivity contribution in [1.29, 1.82) is 0 Å². The summed E-state index contributed by atoms with van der Waals surface area (Å²) in [4.78, 5) is 11.9. The highest BCUT2D eigenvalue weighted by molar-refractivity contribution is 5.84. The normalized spacial score (nSPS) is 12.1. The molecular formula is C17H22N2O2. The first-order valence-electron chi connectivity index (χ1n) is 7.13. The summed E-state index contributed by atoms with van der Waals surface area (Å²) in [6, 6.07) is 12.2. The molecule has 2 aromatic rings. The van der Waals surface area contributed by atoms with E-state index in [1.165, 1.54) is 0 Å². The van der Waals surface area contributed by atoms with Crippen LogP contribution in [0.3, 0.4) is 0 Å². The maximum absolute atomic E-state index is 11.9. The first-order valence-corrected chi connectivity index (χ1v) is 7.13. The van der Waals surface area contributed by atoms with Crippen molar-refractivity contribution in [1.82, 2.24) is 10.6 Å². The van der Waals surface area contributed by atoms with Crippen LogP contribution in [-0.4, -0.2) is 26.6 Å². The summed E-state index contributed by atoms with van der Waals surface area (Å²) in [5, 5.41) is 8.25. The number of amides is 1. The molecule has 0 fully saturated rings. The number of carbonyl (C=O) groups is 1. The van der Waals surface area contributed by atoms with Crippen LogP contribution in [0.1, 0.15) is 12.5 Å². The Kier molecular flexibility index (Phi) is 5.17. The summed E-state index contributed by atoms with van der Waals surface area (Å²) in [5.74, 6) is 0.892. The number of ether oxygens (including phenoxy) is 1. The molecule has 4 nitrogen and oxygen atoms in total. The highest BCUT2D eigenvalue weighted by Gasteiger charge is 2.11. The van der Waals surface area contributed by atoms with Crippen LogP contribution in [0.2, 0.25) is 0 Å². The first kappa shape index (κ1) is 15.3. The predicted octanol–water partition coefficient (Wildman–Crippen LogP) is 2.32. The van der Waals surface area contributed by atoms with Gasteiger partial charge in [0.25, 0.3) is 0 Å². The summed E-state index contributed by atoms with van der Waals surface area (Å²) in [5.41, 5.74) is 1.10. The van der Waals surface area contributed by atoms with E-state index in [1.807, 2.05) is 38.2 Å². The number of hydrogen-bond acceptors (Lipinski definition) is 3. The van der Waals surface area contributed by atoms with Crippen LogP contribution < -0.4 is 15.4 Å². The molecule has 1 unspecified atom stereocenters. The number of methoxy groups -OCH3 is 1. The van der Waals surface area contributed by atoms with Crippen molar-refractivity contribution in [3.8, 4) is 5.75 Å². The smallest absolute Gasteiger partial charge is 0.224 e. The van der Waals surface area contributed by atoms with Gasteiger partial charge in [0.1, 0.15) is 5.75 Å². The molecule has 0 heterocycles. The van der Waals surface area contributed by atoms with Gasteiger partial charge in [0.2, 0.25) is 5.91 Å². The van der Waals surface area contributed by atoms with Gasteiger partial charge < -0.3 is 15.4 Å². The van der Waals surface area contributed by atoms with Crippen LogP contribution in [0.5, 0.6) is 5.75 Å². The summed E-state index contributed by atoms with van der Waals surface area (Å²) in [7, 11) is 3.51. The zero-order valence-electron chi connectivity index (χ0n) is 12.8. The highest BCUT2D eigenvalue weighted by Crippen LogP contribution is 2.21. The fraction of sp³-hybridized carbons (Fsp3) is 0.353. The lowest BCUT2D eigenvalue weighted by Crippen LogP contribution is -2.33. The molecule has 2 rings (SSSR count). The fourth-order valence-electron chi connectivity index (χ4n) is 2.27. The quantitative estimate of drug-likeness (QED) is 0.857. The second kappa shape index (κ2) is 7.09. The van der Waals surface area contributed by atoms with Crippen molar-refractivity contribution in [3.05, 3.63) is 42.0 Å². The molecule has 4 heteroatoms. The Morgan fingerprint density at radius 3 is 2.62 bits per heavy atom. The Hall–Kier alpha value is -2.07. The number of hydrogen-bond donors (Lipinski definition) is 2. The third-order valence-corrected chi connectivity index (χ3v) is 3.54. The lowest BCUT2D eigenvalue weighted by Gasteiger charge is -2.12. The fourth-order valence-corrected chi connectivity index (χ4v) is 2.27. The second-order valence-electron chi connectivity index (χ2n) is 5.22. The molecule has 1 amide bonds. The van der Waals surface area contributed by atoms with E-state index in [0.29, 0.717) is 13.1 Å². The SMILES string of the molecule is CNCC(C)C(=O)NCc1ccc2cc(OC)ccc2c1. The molecule has 0 aliphatic heterocycles. The van der Waals surface area contributed by atoms with Crippen molar-refractivity contribution < 1.29 is 9.53 Å². The van der Waals surface area contributed by atoms with Gasteiger partial charge in [-0.2, -0.15) is 0 Å². The van der Waals surface area contributed by atoms with E-state index in [4.69, 9.17) is 4.74 Å². The molecule has 21 heavy (non-hydrogen) atoms. The van der Waals surface area contributed by atoms with Crippen LogP contribution in [0.15, 0.2) is 36.4 Å². The van der Waals surface area contributed by atoms with Gasteiger partial charge >= 0.3 is 0 Å². The van der Waals surface area contributed by atoms with Gasteiger partial charge in [0.15, 0.2) is 0 Å². The average Bonchev–Trinajstić information content (AvgIpc) is 2.52. The van der Waals surface area contributed by atoms with Crippen molar-refractivity contribution in [2.45, 2.75) is 13.5 Å². The predicted molar refractivity (Wildman–Crippen MR) is 85.4 cm³/mol. The monoisotopic (exact) mass is 286 g/mol. The Morgan fingerprint density at radius 2 is 1.90 bits per heavy atom. The van der Waals surface area contributed by atoms with Crippen molar-refractivity contribution in [3.63, 3.8) is 0 Å². The maximum atomic E-state index is 11.9. The number of benzene rings is 2. The largest absolute Gasteiger partial charge is 0.497 e. The Balaban J connectivity index is 2.04. The van der Waals surface area contributed by atoms with Gasteiger partial charge in [0, 0.05) is 19.0 Å². The number of carbonyl (C=O) groups excluding carboxylic acids is 1. The minimum Gasteiger partial charge on any atom is -0.497 e. The van der Waals surface area contributed by atoms with Crippen molar-refractivity contribution >= 4 is 16.7 Å². The molecule has 0 saturated heterocycles. The van der Waals surface area contributed by atoms with E-state index in [0.717, 1.165) is 22.1 Å². The number of nitrogens with one attached hydrogen (secondary N) is 2. The average molecular weight is 286 g/mol. The van der Waals surface area contributed by atoms with E-state index in [1.54, 1.807) is 7.11 Å². The Bertz CT molecular complexity index is 625. The third-order valence-electron chi connectivity index (χ3n) is 3.54. The van der Waals surface area contributed by atoms with Gasteiger partial charge in [-0.1, -0.05) is 25.1 Å². The number of fused-ring (bicyclic) bond motifs is 1. The van der Waals surface area contributed by atoms with Gasteiger partial charge in [0.05, 0.1) is 7.11 Å². The Labute approximate surface area is 125 Å². The van der Waals surface area contributed by atoms with Gasteiger partial charge in [-0.05, 0) is 41.6 Å². The van der Waals surface area contributed by atoms with Gasteiger partial charge in [-0.3, -0.25) is 4.79 Å². The molecule has 0 aliphatic rings. The minimum atomic E-state index is -0.0280. The van der Waals surface area contributed by atoms with Crippen LogP contribution in [0.25, 0.3) is 10.8 Å². The lowest BCUT2D eigenvalue weighted by atomic mass is 10.1. The van der Waals surface area contributed by atoms with Crippen LogP contribution >= 0.6 is 0 Å². The zero-order chi connectivity index (χ0) is 15.2. The molecule has 1 atom stereocenters. The first-order chi connectivity index (χ1) is 10.1. The summed E-state index contributed by atoms with van der Waals surface area (Å²) < 4.78 is 5.22. The molecule has 2 N–H and O–H groups in total. The molecule has 0 aliphatic carbocycles. The Morgan fingerprint density at radius 1 is 1.19 bits per heavy atom. The molecule has 2 aromatic carbocycles. The second-order valence-corrected chi connectivity index (χ2v) is 5.22. The maximum Gasteiger partial charge on any atom is 0.224 e. The summed E-state index contributed by atoms with van der Waals surface area (Å²) >= 11 is 0. The summed E-state index contributed by atoms with van der Waals surface area (Å²) in [6.07, 6.45) is 0. The third kappa shape index (κ3) is 3.95. The zero-order valence-corrected chi connectivity index (χ0v) is 12.8. The van der Waals surface area contributed by atoms with E-state index in [9.17, 15) is 4.79 Å². The minimum absolute atomic E-state index is 0.0280. The van der Waals surface area contributed by atoms with Gasteiger partial charge in [-0.15, -0.1) is 0 Å². The molecule has 0 aromatic heterocycles. The van der Waals surface area contributed by atoms with E-state index in [2.05, 4.69) is 22.8 Å². The van der Waals surface area contributed by atoms with Crippen molar-refractivity contribution in [2.24, 2.45) is 5.92 Å². The van der Waals surface area contributed by atoms with E-state index < -0.39 is 0 Å².